The zero-order valence-electron chi connectivity index (χ0n) is 31.9. The van der Waals surface area contributed by atoms with E-state index in [0.29, 0.717) is 0 Å². The molecule has 10 aromatic rings. The van der Waals surface area contributed by atoms with Gasteiger partial charge in [-0.1, -0.05) is 178 Å². The van der Waals surface area contributed by atoms with Gasteiger partial charge in [-0.15, -0.1) is 0 Å². The molecule has 0 aliphatic heterocycles. The smallest absolute Gasteiger partial charge is 0.159 e. The standard InChI is InChI=1S/C55H39NO/c1-55(2)49-27-8-5-21-45(49)47-25-13-24-44(53(47)55)37-31-33-40(34-32-37)56(51-29-14-26-48-46-22-7-10-30-52(46)57-54(48)51)50-28-9-6-20-43(50)39-18-11-17-38(35-39)42-23-12-16-36-15-3-4-19-41(36)42/h3-35H,1-2H3. The molecule has 57 heavy (non-hydrogen) atoms. The van der Waals surface area contributed by atoms with E-state index in [2.05, 4.69) is 213 Å². The first-order valence-corrected chi connectivity index (χ1v) is 19.8. The Morgan fingerprint density at radius 2 is 0.982 bits per heavy atom. The molecule has 0 unspecified atom stereocenters. The highest BCUT2D eigenvalue weighted by molar-refractivity contribution is 6.11. The van der Waals surface area contributed by atoms with E-state index in [1.165, 1.54) is 55.3 Å². The van der Waals surface area contributed by atoms with Gasteiger partial charge in [0.15, 0.2) is 5.58 Å². The zero-order chi connectivity index (χ0) is 38.1. The van der Waals surface area contributed by atoms with Gasteiger partial charge in [-0.2, -0.15) is 0 Å². The van der Waals surface area contributed by atoms with Crippen LogP contribution < -0.4 is 4.90 Å². The molecule has 1 aromatic heterocycles. The first kappa shape index (κ1) is 33.2. The fourth-order valence-corrected chi connectivity index (χ4v) is 9.44. The fraction of sp³-hybridized carbons (Fsp3) is 0.0545. The maximum atomic E-state index is 6.73. The summed E-state index contributed by atoms with van der Waals surface area (Å²) >= 11 is 0. The third-order valence-corrected chi connectivity index (χ3v) is 12.1. The Balaban J connectivity index is 1.09. The normalized spacial score (nSPS) is 12.9. The Bertz CT molecular complexity index is 3160. The Morgan fingerprint density at radius 1 is 0.404 bits per heavy atom. The molecule has 0 N–H and O–H groups in total. The highest BCUT2D eigenvalue weighted by Gasteiger charge is 2.37. The molecule has 0 bridgehead atoms. The van der Waals surface area contributed by atoms with Crippen LogP contribution in [-0.2, 0) is 5.41 Å². The number of anilines is 3. The molecule has 0 spiro atoms. The van der Waals surface area contributed by atoms with E-state index < -0.39 is 0 Å². The van der Waals surface area contributed by atoms with Gasteiger partial charge in [-0.25, -0.2) is 0 Å². The van der Waals surface area contributed by atoms with Crippen LogP contribution in [0.15, 0.2) is 205 Å². The first-order chi connectivity index (χ1) is 28.0. The van der Waals surface area contributed by atoms with Crippen LogP contribution in [-0.4, -0.2) is 0 Å². The van der Waals surface area contributed by atoms with Crippen LogP contribution in [0.4, 0.5) is 17.1 Å². The second-order valence-corrected chi connectivity index (χ2v) is 15.7. The number of fused-ring (bicyclic) bond motifs is 7. The van der Waals surface area contributed by atoms with Gasteiger partial charge < -0.3 is 9.32 Å². The van der Waals surface area contributed by atoms with E-state index in [9.17, 15) is 0 Å². The molecule has 2 nitrogen and oxygen atoms in total. The van der Waals surface area contributed by atoms with Crippen molar-refractivity contribution < 1.29 is 4.42 Å². The van der Waals surface area contributed by atoms with Gasteiger partial charge in [0, 0.05) is 27.4 Å². The molecule has 0 fully saturated rings. The number of hydrogen-bond acceptors (Lipinski definition) is 2. The van der Waals surface area contributed by atoms with Gasteiger partial charge in [0.25, 0.3) is 0 Å². The number of benzene rings is 9. The highest BCUT2D eigenvalue weighted by atomic mass is 16.3. The summed E-state index contributed by atoms with van der Waals surface area (Å²) in [5, 5.41) is 4.70. The molecule has 0 radical (unpaired) electrons. The van der Waals surface area contributed by atoms with E-state index in [0.717, 1.165) is 50.1 Å². The van der Waals surface area contributed by atoms with Crippen LogP contribution in [0.25, 0.3) is 77.2 Å². The first-order valence-electron chi connectivity index (χ1n) is 19.8. The van der Waals surface area contributed by atoms with Gasteiger partial charge in [-0.05, 0) is 97.2 Å². The molecule has 1 aliphatic rings. The van der Waals surface area contributed by atoms with Crippen molar-refractivity contribution in [2.24, 2.45) is 0 Å². The summed E-state index contributed by atoms with van der Waals surface area (Å²) in [6, 6.07) is 72.5. The lowest BCUT2D eigenvalue weighted by Crippen LogP contribution is -2.16. The van der Waals surface area contributed by atoms with E-state index >= 15 is 0 Å². The molecule has 0 atom stereocenters. The highest BCUT2D eigenvalue weighted by Crippen LogP contribution is 2.52. The largest absolute Gasteiger partial charge is 0.454 e. The van der Waals surface area contributed by atoms with Gasteiger partial charge in [0.05, 0.1) is 11.4 Å². The minimum atomic E-state index is -0.107. The van der Waals surface area contributed by atoms with Gasteiger partial charge in [-0.3, -0.25) is 0 Å². The summed E-state index contributed by atoms with van der Waals surface area (Å²) < 4.78 is 6.73. The van der Waals surface area contributed by atoms with Crippen molar-refractivity contribution in [3.63, 3.8) is 0 Å². The molecule has 0 saturated heterocycles. The van der Waals surface area contributed by atoms with E-state index in [4.69, 9.17) is 4.42 Å². The molecule has 270 valence electrons. The molecule has 1 heterocycles. The second kappa shape index (κ2) is 13.0. The third-order valence-electron chi connectivity index (χ3n) is 12.1. The van der Waals surface area contributed by atoms with E-state index in [1.54, 1.807) is 0 Å². The molecule has 1 aliphatic carbocycles. The van der Waals surface area contributed by atoms with Gasteiger partial charge in [0.1, 0.15) is 5.58 Å². The number of para-hydroxylation sites is 3. The van der Waals surface area contributed by atoms with Crippen molar-refractivity contribution >= 4 is 49.8 Å². The fourth-order valence-electron chi connectivity index (χ4n) is 9.44. The van der Waals surface area contributed by atoms with Crippen molar-refractivity contribution in [3.05, 3.63) is 211 Å². The third kappa shape index (κ3) is 5.25. The Labute approximate surface area is 332 Å². The molecular formula is C55H39NO. The number of rotatable bonds is 6. The minimum Gasteiger partial charge on any atom is -0.454 e. The lowest BCUT2D eigenvalue weighted by atomic mass is 9.79. The summed E-state index contributed by atoms with van der Waals surface area (Å²) in [4.78, 5) is 2.38. The number of furan rings is 1. The van der Waals surface area contributed by atoms with Crippen LogP contribution in [0.5, 0.6) is 0 Å². The van der Waals surface area contributed by atoms with Crippen molar-refractivity contribution in [2.45, 2.75) is 19.3 Å². The van der Waals surface area contributed by atoms with Gasteiger partial charge in [0.2, 0.25) is 0 Å². The summed E-state index contributed by atoms with van der Waals surface area (Å²) in [6.45, 7) is 4.72. The monoisotopic (exact) mass is 729 g/mol. The molecule has 11 rings (SSSR count). The summed E-state index contributed by atoms with van der Waals surface area (Å²) in [5.41, 5.74) is 17.4. The number of hydrogen-bond donors (Lipinski definition) is 0. The summed E-state index contributed by atoms with van der Waals surface area (Å²) in [7, 11) is 0. The molecule has 2 heteroatoms. The van der Waals surface area contributed by atoms with Crippen molar-refractivity contribution in [1.29, 1.82) is 0 Å². The topological polar surface area (TPSA) is 16.4 Å². The predicted octanol–water partition coefficient (Wildman–Crippen LogP) is 15.5. The molecule has 9 aromatic carbocycles. The van der Waals surface area contributed by atoms with Crippen LogP contribution in [0, 0.1) is 0 Å². The maximum Gasteiger partial charge on any atom is 0.159 e. The second-order valence-electron chi connectivity index (χ2n) is 15.7. The number of nitrogens with zero attached hydrogens (tertiary/aromatic N) is 1. The van der Waals surface area contributed by atoms with E-state index in [1.807, 2.05) is 6.07 Å². The van der Waals surface area contributed by atoms with Gasteiger partial charge >= 0.3 is 0 Å². The maximum absolute atomic E-state index is 6.73. The van der Waals surface area contributed by atoms with Crippen LogP contribution in [0.3, 0.4) is 0 Å². The average Bonchev–Trinajstić information content (AvgIpc) is 3.77. The summed E-state index contributed by atoms with van der Waals surface area (Å²) in [5.74, 6) is 0. The SMILES string of the molecule is CC1(C)c2ccccc2-c2cccc(-c3ccc(N(c4ccccc4-c4cccc(-c5cccc6ccccc56)c4)c4cccc5c4oc4ccccc45)cc3)c21. The van der Waals surface area contributed by atoms with E-state index in [-0.39, 0.29) is 5.41 Å². The average molecular weight is 730 g/mol. The van der Waals surface area contributed by atoms with Crippen molar-refractivity contribution in [1.82, 2.24) is 0 Å². The van der Waals surface area contributed by atoms with Crippen LogP contribution >= 0.6 is 0 Å². The predicted molar refractivity (Wildman–Crippen MR) is 240 cm³/mol. The minimum absolute atomic E-state index is 0.107. The Kier molecular flexibility index (Phi) is 7.55. The zero-order valence-corrected chi connectivity index (χ0v) is 31.9. The lowest BCUT2D eigenvalue weighted by Gasteiger charge is -2.28. The van der Waals surface area contributed by atoms with Crippen LogP contribution in [0.2, 0.25) is 0 Å². The molecule has 0 saturated carbocycles. The Hall–Kier alpha value is -7.16. The molecule has 0 amide bonds. The lowest BCUT2D eigenvalue weighted by molar-refractivity contribution is 0.662. The Morgan fingerprint density at radius 3 is 1.86 bits per heavy atom. The van der Waals surface area contributed by atoms with Crippen LogP contribution in [0.1, 0.15) is 25.0 Å². The quantitative estimate of drug-likeness (QED) is 0.169. The van der Waals surface area contributed by atoms with Crippen molar-refractivity contribution in [2.75, 3.05) is 4.90 Å². The summed E-state index contributed by atoms with van der Waals surface area (Å²) in [6.07, 6.45) is 0. The van der Waals surface area contributed by atoms with Crippen molar-refractivity contribution in [3.8, 4) is 44.5 Å². The molecular weight excluding hydrogens is 691 g/mol.